The number of nitrogens with one attached hydrogen (secondary N) is 4. The number of nitrogens with zero attached hydrogens (tertiary/aromatic N) is 1. The van der Waals surface area contributed by atoms with Crippen LogP contribution in [0.3, 0.4) is 0 Å². The molecule has 1 aliphatic heterocycles. The maximum atomic E-state index is 12.8. The number of aliphatic hydroxyl groups is 1. The molecule has 0 aromatic rings. The van der Waals surface area contributed by atoms with Crippen LogP contribution in [0.1, 0.15) is 129 Å². The topological polar surface area (TPSA) is 380 Å². The van der Waals surface area contributed by atoms with E-state index in [-0.39, 0.29) is 107 Å². The molecule has 2 atom stereocenters. The van der Waals surface area contributed by atoms with Crippen LogP contribution >= 0.6 is 27.0 Å². The summed E-state index contributed by atoms with van der Waals surface area (Å²) in [6, 6.07) is -0.967. The third-order valence-corrected chi connectivity index (χ3v) is 15.4. The number of nitrogens with two attached hydrogens (primary N) is 1. The zero-order valence-electron chi connectivity index (χ0n) is 37.7. The predicted molar refractivity (Wildman–Crippen MR) is 242 cm³/mol. The maximum absolute atomic E-state index is 12.8. The summed E-state index contributed by atoms with van der Waals surface area (Å²) < 4.78 is 33.7. The van der Waals surface area contributed by atoms with Gasteiger partial charge in [0.15, 0.2) is 0 Å². The molecule has 1 unspecified atom stereocenters. The van der Waals surface area contributed by atoms with Gasteiger partial charge in [0.25, 0.3) is 5.08 Å². The van der Waals surface area contributed by atoms with Gasteiger partial charge in [-0.25, -0.2) is 0 Å². The van der Waals surface area contributed by atoms with Gasteiger partial charge in [-0.1, -0.05) is 6.92 Å². The van der Waals surface area contributed by atoms with Gasteiger partial charge in [-0.05, 0) is 76.4 Å². The standard InChI is InChI=1S/C40H70N6O17P2S/c1-2-9-30(47)14-16-34(49)44-21-24-63-26-25-62-23-7-12-31(48)15-17-36(51)45-32(38(42)53)13-4-6-20-43-35(50)18-22-46-37(52)28-33(39(46)54)66-27-8-11-29(41)10-3-5-19-40(55,64(56,57)58)65(59,60)61/h32-33,41,55H,2-28H2,1H3,(H2,42,53)(H,43,50)(H,44,49)(H,45,51)(H2,56,57,58)(H2,59,60,61)/t32-,33?/m0/s1. The van der Waals surface area contributed by atoms with Gasteiger partial charge < -0.3 is 61.2 Å². The minimum absolute atomic E-state index is 0.0217. The van der Waals surface area contributed by atoms with Crippen LogP contribution in [0.2, 0.25) is 0 Å². The van der Waals surface area contributed by atoms with Crippen LogP contribution in [0.5, 0.6) is 0 Å². The first-order valence-electron chi connectivity index (χ1n) is 22.2. The molecule has 26 heteroatoms. The number of hydrogen-bond acceptors (Lipinski definition) is 15. The minimum atomic E-state index is -5.54. The lowest BCUT2D eigenvalue weighted by Crippen LogP contribution is -2.44. The number of carbonyl (C=O) groups is 8. The first-order valence-corrected chi connectivity index (χ1v) is 26.5. The average molecular weight is 1000 g/mol. The lowest BCUT2D eigenvalue weighted by atomic mass is 10.1. The number of hydrogen-bond donors (Lipinski definition) is 10. The first-order chi connectivity index (χ1) is 31.0. The molecule has 66 heavy (non-hydrogen) atoms. The smallest absolute Gasteiger partial charge is 0.369 e. The van der Waals surface area contributed by atoms with E-state index >= 15 is 0 Å². The fraction of sp³-hybridized carbons (Fsp3) is 0.775. The van der Waals surface area contributed by atoms with Crippen LogP contribution < -0.4 is 21.7 Å². The molecule has 0 aliphatic carbocycles. The van der Waals surface area contributed by atoms with Gasteiger partial charge in [-0.2, -0.15) is 0 Å². The van der Waals surface area contributed by atoms with Crippen molar-refractivity contribution in [2.45, 2.75) is 145 Å². The number of unbranched alkanes of at least 4 members (excludes halogenated alkanes) is 2. The van der Waals surface area contributed by atoms with Crippen LogP contribution in [-0.4, -0.2) is 150 Å². The van der Waals surface area contributed by atoms with Gasteiger partial charge in [-0.3, -0.25) is 52.4 Å². The Kier molecular flexibility index (Phi) is 29.7. The minimum Gasteiger partial charge on any atom is -0.379 e. The molecule has 0 aromatic carbocycles. The maximum Gasteiger partial charge on any atom is 0.369 e. The number of likely N-dealkylation sites (tertiary alicyclic amines) is 1. The largest absolute Gasteiger partial charge is 0.379 e. The Labute approximate surface area is 389 Å². The van der Waals surface area contributed by atoms with Crippen LogP contribution in [0, 0.1) is 5.41 Å². The Hall–Kier alpha value is -3.44. The number of amides is 6. The molecule has 378 valence electrons. The van der Waals surface area contributed by atoms with E-state index < -0.39 is 67.5 Å². The van der Waals surface area contributed by atoms with E-state index in [1.165, 1.54) is 11.8 Å². The summed E-state index contributed by atoms with van der Waals surface area (Å²) in [5.74, 6) is -2.32. The summed E-state index contributed by atoms with van der Waals surface area (Å²) in [4.78, 5) is 136. The Morgan fingerprint density at radius 3 is 1.98 bits per heavy atom. The summed E-state index contributed by atoms with van der Waals surface area (Å²) in [6.07, 6.45) is 3.12. The molecule has 6 amide bonds. The van der Waals surface area contributed by atoms with E-state index in [1.54, 1.807) is 0 Å². The quantitative estimate of drug-likeness (QED) is 0.0179. The zero-order valence-corrected chi connectivity index (χ0v) is 40.3. The molecule has 0 bridgehead atoms. The van der Waals surface area contributed by atoms with Crippen molar-refractivity contribution in [3.05, 3.63) is 0 Å². The molecule has 1 aliphatic rings. The van der Waals surface area contributed by atoms with Gasteiger partial charge in [-0.15, -0.1) is 11.8 Å². The van der Waals surface area contributed by atoms with Gasteiger partial charge in [0.2, 0.25) is 35.4 Å². The van der Waals surface area contributed by atoms with Crippen LogP contribution in [0.25, 0.3) is 0 Å². The lowest BCUT2D eigenvalue weighted by molar-refractivity contribution is -0.138. The Morgan fingerprint density at radius 1 is 0.758 bits per heavy atom. The summed E-state index contributed by atoms with van der Waals surface area (Å²) in [7, 11) is -11.1. The Morgan fingerprint density at radius 2 is 1.35 bits per heavy atom. The summed E-state index contributed by atoms with van der Waals surface area (Å²) in [5.41, 5.74) is 5.72. The predicted octanol–water partition coefficient (Wildman–Crippen LogP) is 1.28. The van der Waals surface area contributed by atoms with Gasteiger partial charge in [0.1, 0.15) is 17.6 Å². The van der Waals surface area contributed by atoms with E-state index in [1.807, 2.05) is 6.92 Å². The van der Waals surface area contributed by atoms with Gasteiger partial charge in [0, 0.05) is 83.3 Å². The number of ketones is 2. The van der Waals surface area contributed by atoms with E-state index in [2.05, 4.69) is 16.0 Å². The molecular weight excluding hydrogens is 930 g/mol. The van der Waals surface area contributed by atoms with E-state index in [9.17, 15) is 72.2 Å². The number of ether oxygens (including phenoxy) is 2. The molecule has 1 rings (SSSR count). The zero-order chi connectivity index (χ0) is 49.8. The van der Waals surface area contributed by atoms with Crippen LogP contribution in [0.4, 0.5) is 0 Å². The Balaban J connectivity index is 2.18. The number of primary amides is 1. The molecule has 11 N–H and O–H groups in total. The van der Waals surface area contributed by atoms with Gasteiger partial charge >= 0.3 is 15.2 Å². The lowest BCUT2D eigenvalue weighted by Gasteiger charge is -2.29. The van der Waals surface area contributed by atoms with E-state index in [0.29, 0.717) is 77.3 Å². The number of thioether (sulfide) groups is 1. The van der Waals surface area contributed by atoms with Crippen molar-refractivity contribution in [2.75, 3.05) is 51.8 Å². The molecule has 1 heterocycles. The number of Topliss-reactive ketones (excluding diaryl/α,β-unsaturated/α-hetero) is 2. The third kappa shape index (κ3) is 25.1. The second-order valence-corrected chi connectivity index (χ2v) is 21.2. The molecular formula is C40H70N6O17P2S. The summed E-state index contributed by atoms with van der Waals surface area (Å²) >= 11 is 1.24. The van der Waals surface area contributed by atoms with Crippen molar-refractivity contribution >= 4 is 79.7 Å². The van der Waals surface area contributed by atoms with Crippen LogP contribution in [0.15, 0.2) is 0 Å². The van der Waals surface area contributed by atoms with Crippen molar-refractivity contribution in [1.82, 2.24) is 20.9 Å². The summed E-state index contributed by atoms with van der Waals surface area (Å²) in [5, 5.41) is 21.8. The fourth-order valence-electron chi connectivity index (χ4n) is 6.45. The first kappa shape index (κ1) is 60.6. The van der Waals surface area contributed by atoms with Crippen molar-refractivity contribution in [3.8, 4) is 0 Å². The van der Waals surface area contributed by atoms with Crippen molar-refractivity contribution in [2.24, 2.45) is 5.73 Å². The highest BCUT2D eigenvalue weighted by Gasteiger charge is 2.58. The SMILES string of the molecule is CCCC(=O)CCC(=O)NCCOCCOCCCC(=O)CCC(=O)N[C@@H](CCCCNC(=O)CCN1C(=O)CC(SCCCC(=N)CCCCC(O)(P(=O)(O)O)P(=O)(O)O)C1=O)C(N)=O. The van der Waals surface area contributed by atoms with Crippen molar-refractivity contribution < 1.29 is 81.6 Å². The highest BCUT2D eigenvalue weighted by atomic mass is 32.2. The normalized spacial score (nSPS) is 14.8. The number of carbonyl (C=O) groups excluding carboxylic acids is 8. The second-order valence-electron chi connectivity index (χ2n) is 15.8. The van der Waals surface area contributed by atoms with Crippen molar-refractivity contribution in [1.29, 1.82) is 5.41 Å². The third-order valence-electron chi connectivity index (χ3n) is 10.3. The number of rotatable bonds is 40. The second kappa shape index (κ2) is 32.3. The van der Waals surface area contributed by atoms with Crippen molar-refractivity contribution in [3.63, 3.8) is 0 Å². The van der Waals surface area contributed by atoms with Gasteiger partial charge in [0.05, 0.1) is 25.1 Å². The average Bonchev–Trinajstić information content (AvgIpc) is 3.51. The summed E-state index contributed by atoms with van der Waals surface area (Å²) in [6.45, 7) is 3.56. The molecule has 1 fully saturated rings. The molecule has 0 radical (unpaired) electrons. The number of imide groups is 1. The van der Waals surface area contributed by atoms with Crippen LogP contribution in [-0.2, 0) is 57.0 Å². The molecule has 0 saturated carbocycles. The molecule has 0 aromatic heterocycles. The fourth-order valence-corrected chi connectivity index (χ4v) is 9.83. The molecule has 23 nitrogen and oxygen atoms in total. The van der Waals surface area contributed by atoms with E-state index in [4.69, 9.17) is 20.6 Å². The monoisotopic (exact) mass is 1000 g/mol. The Bertz CT molecular complexity index is 1710. The molecule has 1 saturated heterocycles. The highest BCUT2D eigenvalue weighted by Crippen LogP contribution is 2.69. The molecule has 0 spiro atoms. The highest BCUT2D eigenvalue weighted by molar-refractivity contribution is 8.00. The van der Waals surface area contributed by atoms with E-state index in [0.717, 1.165) is 11.3 Å².